The second-order valence-corrected chi connectivity index (χ2v) is 4.77. The second-order valence-electron chi connectivity index (χ2n) is 1.96. The van der Waals surface area contributed by atoms with Gasteiger partial charge in [-0.05, 0) is 18.4 Å². The summed E-state index contributed by atoms with van der Waals surface area (Å²) in [6.07, 6.45) is 0. The molecule has 1 atom stereocenters. The third-order valence-electron chi connectivity index (χ3n) is 1.13. The maximum Gasteiger partial charge on any atom is 0.185 e. The van der Waals surface area contributed by atoms with Gasteiger partial charge in [0.1, 0.15) is 0 Å². The summed E-state index contributed by atoms with van der Waals surface area (Å²) in [5.41, 5.74) is 0. The van der Waals surface area contributed by atoms with Crippen molar-refractivity contribution in [2.45, 2.75) is 10.8 Å². The smallest absolute Gasteiger partial charge is 0.185 e. The van der Waals surface area contributed by atoms with Crippen molar-refractivity contribution in [2.75, 3.05) is 0 Å². The third kappa shape index (κ3) is 1.79. The lowest BCUT2D eigenvalue weighted by Gasteiger charge is -1.96. The van der Waals surface area contributed by atoms with Crippen LogP contribution in [-0.4, -0.2) is 9.71 Å². The molecule has 1 nitrogen and oxygen atoms in total. The highest BCUT2D eigenvalue weighted by Gasteiger charge is 2.11. The Balaban J connectivity index is 2.78. The summed E-state index contributed by atoms with van der Waals surface area (Å²) < 4.78 is 0.0937. The van der Waals surface area contributed by atoms with Crippen molar-refractivity contribution in [1.29, 1.82) is 0 Å². The molecule has 10 heavy (non-hydrogen) atoms. The molecule has 0 saturated carbocycles. The minimum atomic E-state index is 0.0937. The summed E-state index contributed by atoms with van der Waals surface area (Å²) in [5.74, 6) is 0.232. The first kappa shape index (κ1) is 8.20. The van der Waals surface area contributed by atoms with E-state index in [0.29, 0.717) is 0 Å². The Kier molecular flexibility index (Phi) is 2.85. The van der Waals surface area contributed by atoms with Gasteiger partial charge in [0.15, 0.2) is 5.78 Å². The Morgan fingerprint density at radius 1 is 1.80 bits per heavy atom. The molecule has 3 heteroatoms. The third-order valence-corrected chi connectivity index (χ3v) is 2.58. The van der Waals surface area contributed by atoms with Gasteiger partial charge in [0.2, 0.25) is 0 Å². The average molecular weight is 266 g/mol. The van der Waals surface area contributed by atoms with Gasteiger partial charge < -0.3 is 0 Å². The zero-order valence-corrected chi connectivity index (χ0v) is 8.48. The highest BCUT2D eigenvalue weighted by atomic mass is 127. The van der Waals surface area contributed by atoms with Gasteiger partial charge in [-0.25, -0.2) is 0 Å². The molecular formula is C7H7IOS. The summed E-state index contributed by atoms with van der Waals surface area (Å²) >= 11 is 3.63. The summed E-state index contributed by atoms with van der Waals surface area (Å²) in [6, 6.07) is 3.76. The monoisotopic (exact) mass is 266 g/mol. The van der Waals surface area contributed by atoms with E-state index in [9.17, 15) is 4.79 Å². The summed E-state index contributed by atoms with van der Waals surface area (Å²) in [4.78, 5) is 12.1. The molecular weight excluding hydrogens is 259 g/mol. The summed E-state index contributed by atoms with van der Waals surface area (Å²) in [7, 11) is 0. The predicted octanol–water partition coefficient (Wildman–Crippen LogP) is 2.75. The molecule has 0 aliphatic carbocycles. The van der Waals surface area contributed by atoms with Crippen molar-refractivity contribution >= 4 is 39.7 Å². The van der Waals surface area contributed by atoms with Gasteiger partial charge >= 0.3 is 0 Å². The molecule has 0 aliphatic rings. The average Bonchev–Trinajstić information content (AvgIpc) is 2.36. The van der Waals surface area contributed by atoms with Crippen LogP contribution in [0.1, 0.15) is 16.6 Å². The Bertz CT molecular complexity index is 216. The van der Waals surface area contributed by atoms with Crippen molar-refractivity contribution in [3.8, 4) is 0 Å². The van der Waals surface area contributed by atoms with Gasteiger partial charge in [0, 0.05) is 0 Å². The molecule has 1 aromatic heterocycles. The van der Waals surface area contributed by atoms with E-state index in [1.54, 1.807) is 0 Å². The van der Waals surface area contributed by atoms with Crippen LogP contribution in [0.4, 0.5) is 0 Å². The summed E-state index contributed by atoms with van der Waals surface area (Å²) in [6.45, 7) is 1.91. The number of hydrogen-bond acceptors (Lipinski definition) is 2. The van der Waals surface area contributed by atoms with E-state index in [0.717, 1.165) is 4.88 Å². The number of alkyl halides is 1. The zero-order chi connectivity index (χ0) is 7.56. The van der Waals surface area contributed by atoms with E-state index in [2.05, 4.69) is 22.6 Å². The highest BCUT2D eigenvalue weighted by molar-refractivity contribution is 14.1. The standard InChI is InChI=1S/C7H7IOS/c1-5(8)7(9)6-3-2-4-10-6/h2-5H,1H3. The zero-order valence-electron chi connectivity index (χ0n) is 5.50. The number of halogens is 1. The topological polar surface area (TPSA) is 17.1 Å². The molecule has 0 aliphatic heterocycles. The van der Waals surface area contributed by atoms with Crippen molar-refractivity contribution in [3.05, 3.63) is 22.4 Å². The lowest BCUT2D eigenvalue weighted by molar-refractivity contribution is 0.100. The van der Waals surface area contributed by atoms with Crippen LogP contribution in [-0.2, 0) is 0 Å². The fourth-order valence-corrected chi connectivity index (χ4v) is 1.92. The molecule has 0 aromatic carbocycles. The Labute approximate surface area is 77.6 Å². The lowest BCUT2D eigenvalue weighted by Crippen LogP contribution is -2.07. The fraction of sp³-hybridized carbons (Fsp3) is 0.286. The molecule has 54 valence electrons. The molecule has 1 unspecified atom stereocenters. The van der Waals surface area contributed by atoms with Crippen molar-refractivity contribution < 1.29 is 4.79 Å². The number of hydrogen-bond donors (Lipinski definition) is 0. The number of carbonyl (C=O) groups is 1. The number of ketones is 1. The highest BCUT2D eigenvalue weighted by Crippen LogP contribution is 2.14. The molecule has 0 radical (unpaired) electrons. The predicted molar refractivity (Wildman–Crippen MR) is 52.1 cm³/mol. The van der Waals surface area contributed by atoms with Crippen molar-refractivity contribution in [1.82, 2.24) is 0 Å². The fourth-order valence-electron chi connectivity index (χ4n) is 0.615. The number of Topliss-reactive ketones (excluding diaryl/α,β-unsaturated/α-hetero) is 1. The Hall–Kier alpha value is 0.1000. The van der Waals surface area contributed by atoms with Gasteiger partial charge in [-0.2, -0.15) is 0 Å². The minimum absolute atomic E-state index is 0.0937. The number of thiophene rings is 1. The molecule has 0 saturated heterocycles. The maximum absolute atomic E-state index is 11.2. The maximum atomic E-state index is 11.2. The Morgan fingerprint density at radius 2 is 2.50 bits per heavy atom. The Morgan fingerprint density at radius 3 is 2.90 bits per heavy atom. The van der Waals surface area contributed by atoms with Gasteiger partial charge in [0.05, 0.1) is 8.80 Å². The van der Waals surface area contributed by atoms with Crippen LogP contribution in [0.15, 0.2) is 17.5 Å². The van der Waals surface area contributed by atoms with Crippen LogP contribution in [0.3, 0.4) is 0 Å². The molecule has 0 fully saturated rings. The van der Waals surface area contributed by atoms with Gasteiger partial charge in [0.25, 0.3) is 0 Å². The van der Waals surface area contributed by atoms with Crippen LogP contribution in [0.25, 0.3) is 0 Å². The van der Waals surface area contributed by atoms with Gasteiger partial charge in [-0.15, -0.1) is 11.3 Å². The molecule has 0 spiro atoms. The largest absolute Gasteiger partial charge is 0.292 e. The van der Waals surface area contributed by atoms with E-state index in [-0.39, 0.29) is 9.71 Å². The van der Waals surface area contributed by atoms with E-state index in [1.165, 1.54) is 11.3 Å². The first-order valence-electron chi connectivity index (χ1n) is 2.93. The SMILES string of the molecule is CC(I)C(=O)c1cccs1. The van der Waals surface area contributed by atoms with Gasteiger partial charge in [-0.3, -0.25) is 4.79 Å². The van der Waals surface area contributed by atoms with E-state index < -0.39 is 0 Å². The number of rotatable bonds is 2. The molecule has 0 bridgehead atoms. The van der Waals surface area contributed by atoms with Crippen LogP contribution in [0, 0.1) is 0 Å². The van der Waals surface area contributed by atoms with Crippen molar-refractivity contribution in [2.24, 2.45) is 0 Å². The number of carbonyl (C=O) groups excluding carboxylic acids is 1. The van der Waals surface area contributed by atoms with Crippen LogP contribution < -0.4 is 0 Å². The quantitative estimate of drug-likeness (QED) is 0.457. The normalized spacial score (nSPS) is 13.0. The van der Waals surface area contributed by atoms with E-state index in [1.807, 2.05) is 24.4 Å². The minimum Gasteiger partial charge on any atom is -0.292 e. The molecule has 0 amide bonds. The molecule has 1 rings (SSSR count). The van der Waals surface area contributed by atoms with Gasteiger partial charge in [-0.1, -0.05) is 28.7 Å². The first-order chi connectivity index (χ1) is 4.72. The van der Waals surface area contributed by atoms with Crippen molar-refractivity contribution in [3.63, 3.8) is 0 Å². The van der Waals surface area contributed by atoms with Crippen LogP contribution in [0.5, 0.6) is 0 Å². The molecule has 1 heterocycles. The first-order valence-corrected chi connectivity index (χ1v) is 5.06. The summed E-state index contributed by atoms with van der Waals surface area (Å²) in [5, 5.41) is 1.92. The lowest BCUT2D eigenvalue weighted by atomic mass is 10.3. The van der Waals surface area contributed by atoms with E-state index >= 15 is 0 Å². The molecule has 0 N–H and O–H groups in total. The van der Waals surface area contributed by atoms with Crippen LogP contribution >= 0.6 is 33.9 Å². The molecule has 1 aromatic rings. The van der Waals surface area contributed by atoms with E-state index in [4.69, 9.17) is 0 Å². The second kappa shape index (κ2) is 3.48. The van der Waals surface area contributed by atoms with Crippen LogP contribution in [0.2, 0.25) is 0 Å².